The van der Waals surface area contributed by atoms with Crippen molar-refractivity contribution in [1.29, 1.82) is 0 Å². The molecular formula is C9H5N3O. The molecule has 0 saturated carbocycles. The van der Waals surface area contributed by atoms with Crippen LogP contribution >= 0.6 is 0 Å². The van der Waals surface area contributed by atoms with Gasteiger partial charge in [0, 0.05) is 10.9 Å². The van der Waals surface area contributed by atoms with Gasteiger partial charge in [-0.1, -0.05) is 18.2 Å². The normalized spacial score (nSPS) is 14.0. The highest BCUT2D eigenvalue weighted by molar-refractivity contribution is 5.84. The minimum Gasteiger partial charge on any atom is -0.338 e. The lowest BCUT2D eigenvalue weighted by atomic mass is 10.2. The van der Waals surface area contributed by atoms with Crippen LogP contribution < -0.4 is 10.8 Å². The van der Waals surface area contributed by atoms with Gasteiger partial charge in [-0.2, -0.15) is 9.98 Å². The van der Waals surface area contributed by atoms with Gasteiger partial charge in [0.15, 0.2) is 5.49 Å². The maximum Gasteiger partial charge on any atom is 0.369 e. The molecule has 0 atom stereocenters. The number of urea groups is 1. The number of hydrogen-bond donors (Lipinski definition) is 1. The van der Waals surface area contributed by atoms with Crippen molar-refractivity contribution in [3.05, 3.63) is 35.1 Å². The van der Waals surface area contributed by atoms with Gasteiger partial charge in [0.2, 0.25) is 0 Å². The first-order chi connectivity index (χ1) is 6.34. The van der Waals surface area contributed by atoms with Gasteiger partial charge in [-0.05, 0) is 6.07 Å². The Morgan fingerprint density at radius 1 is 1.15 bits per heavy atom. The van der Waals surface area contributed by atoms with Crippen LogP contribution in [0.4, 0.5) is 4.79 Å². The molecule has 1 aromatic carbocycles. The maximum absolute atomic E-state index is 10.9. The number of fused-ring (bicyclic) bond motifs is 3. The Kier molecular flexibility index (Phi) is 1.02. The van der Waals surface area contributed by atoms with Crippen molar-refractivity contribution in [3.63, 3.8) is 0 Å². The van der Waals surface area contributed by atoms with E-state index in [1.165, 1.54) is 0 Å². The van der Waals surface area contributed by atoms with Gasteiger partial charge in [-0.3, -0.25) is 0 Å². The Morgan fingerprint density at radius 2 is 2.00 bits per heavy atom. The number of benzene rings is 1. The second-order valence-corrected chi connectivity index (χ2v) is 2.87. The Bertz CT molecular complexity index is 624. The van der Waals surface area contributed by atoms with Crippen LogP contribution in [0.25, 0.3) is 10.9 Å². The van der Waals surface area contributed by atoms with Crippen molar-refractivity contribution >= 4 is 16.9 Å². The molecule has 2 aromatic rings. The molecule has 0 unspecified atom stereocenters. The van der Waals surface area contributed by atoms with E-state index in [1.54, 1.807) is 0 Å². The van der Waals surface area contributed by atoms with Gasteiger partial charge in [0.05, 0.1) is 0 Å². The summed E-state index contributed by atoms with van der Waals surface area (Å²) < 4.78 is 0. The Morgan fingerprint density at radius 3 is 2.92 bits per heavy atom. The summed E-state index contributed by atoms with van der Waals surface area (Å²) in [6.45, 7) is 0. The lowest BCUT2D eigenvalue weighted by Crippen LogP contribution is -2.18. The molecule has 1 aromatic heterocycles. The van der Waals surface area contributed by atoms with E-state index in [4.69, 9.17) is 0 Å². The molecule has 2 amide bonds. The van der Waals surface area contributed by atoms with E-state index in [-0.39, 0.29) is 0 Å². The van der Waals surface area contributed by atoms with Crippen LogP contribution in [0.15, 0.2) is 34.3 Å². The van der Waals surface area contributed by atoms with Gasteiger partial charge in [-0.25, -0.2) is 4.79 Å². The number of aromatic nitrogens is 1. The molecule has 62 valence electrons. The van der Waals surface area contributed by atoms with Crippen LogP contribution in [0, 0.1) is 0 Å². The zero-order valence-corrected chi connectivity index (χ0v) is 6.61. The molecule has 2 heterocycles. The highest BCUT2D eigenvalue weighted by Crippen LogP contribution is 2.04. The van der Waals surface area contributed by atoms with Crippen LogP contribution in [0.3, 0.4) is 0 Å². The average Bonchev–Trinajstić information content (AvgIpc) is 2.60. The SMILES string of the molecule is O=C1N=c2[nH]c3ccccc3c2=N1. The monoisotopic (exact) mass is 171 g/mol. The van der Waals surface area contributed by atoms with Crippen LogP contribution in [0.2, 0.25) is 0 Å². The molecule has 4 heteroatoms. The molecule has 0 radical (unpaired) electrons. The number of rotatable bonds is 0. The average molecular weight is 171 g/mol. The van der Waals surface area contributed by atoms with E-state index in [9.17, 15) is 4.79 Å². The molecule has 3 rings (SSSR count). The van der Waals surface area contributed by atoms with E-state index in [0.29, 0.717) is 10.8 Å². The highest BCUT2D eigenvalue weighted by Gasteiger charge is 2.09. The molecule has 13 heavy (non-hydrogen) atoms. The first-order valence-electron chi connectivity index (χ1n) is 3.93. The first kappa shape index (κ1) is 6.54. The largest absolute Gasteiger partial charge is 0.369 e. The molecule has 1 N–H and O–H groups in total. The van der Waals surface area contributed by atoms with Crippen molar-refractivity contribution in [1.82, 2.24) is 4.98 Å². The highest BCUT2D eigenvalue weighted by atomic mass is 16.2. The third-order valence-electron chi connectivity index (χ3n) is 2.07. The summed E-state index contributed by atoms with van der Waals surface area (Å²) in [5.41, 5.74) is 1.54. The molecule has 0 saturated heterocycles. The Labute approximate surface area is 72.6 Å². The van der Waals surface area contributed by atoms with Crippen molar-refractivity contribution in [2.75, 3.05) is 0 Å². The van der Waals surface area contributed by atoms with Crippen molar-refractivity contribution in [3.8, 4) is 0 Å². The molecule has 0 aliphatic carbocycles. The van der Waals surface area contributed by atoms with Crippen LogP contribution in [0.5, 0.6) is 0 Å². The van der Waals surface area contributed by atoms with E-state index in [2.05, 4.69) is 15.0 Å². The van der Waals surface area contributed by atoms with Gasteiger partial charge in [-0.15, -0.1) is 0 Å². The van der Waals surface area contributed by atoms with Crippen molar-refractivity contribution in [2.24, 2.45) is 9.98 Å². The quantitative estimate of drug-likeness (QED) is 0.618. The van der Waals surface area contributed by atoms with Crippen molar-refractivity contribution in [2.45, 2.75) is 0 Å². The number of nitrogens with one attached hydrogen (secondary N) is 1. The topological polar surface area (TPSA) is 57.6 Å². The summed E-state index contributed by atoms with van der Waals surface area (Å²) in [6.07, 6.45) is 0. The number of aromatic amines is 1. The van der Waals surface area contributed by atoms with Crippen LogP contribution in [0.1, 0.15) is 0 Å². The number of hydrogen-bond acceptors (Lipinski definition) is 1. The number of carbonyl (C=O) groups excluding carboxylic acids is 1. The minimum absolute atomic E-state index is 0.424. The van der Waals surface area contributed by atoms with E-state index >= 15 is 0 Å². The van der Waals surface area contributed by atoms with Gasteiger partial charge in [0.25, 0.3) is 0 Å². The Hall–Kier alpha value is -1.97. The predicted molar refractivity (Wildman–Crippen MR) is 46.0 cm³/mol. The Balaban J connectivity index is 2.66. The number of nitrogens with zero attached hydrogens (tertiary/aromatic N) is 2. The second-order valence-electron chi connectivity index (χ2n) is 2.87. The molecule has 0 bridgehead atoms. The van der Waals surface area contributed by atoms with E-state index < -0.39 is 6.03 Å². The predicted octanol–water partition coefficient (Wildman–Crippen LogP) is 0.541. The summed E-state index contributed by atoms with van der Waals surface area (Å²) in [5.74, 6) is 0. The smallest absolute Gasteiger partial charge is 0.338 e. The van der Waals surface area contributed by atoms with Crippen LogP contribution in [-0.2, 0) is 0 Å². The second kappa shape index (κ2) is 2.04. The van der Waals surface area contributed by atoms with Crippen LogP contribution in [-0.4, -0.2) is 11.0 Å². The fourth-order valence-electron chi connectivity index (χ4n) is 1.52. The molecular weight excluding hydrogens is 166 g/mol. The molecule has 1 aliphatic heterocycles. The number of para-hydroxylation sites is 1. The van der Waals surface area contributed by atoms with E-state index in [0.717, 1.165) is 10.9 Å². The summed E-state index contributed by atoms with van der Waals surface area (Å²) in [4.78, 5) is 21.4. The van der Waals surface area contributed by atoms with Gasteiger partial charge in [0.1, 0.15) is 5.36 Å². The summed E-state index contributed by atoms with van der Waals surface area (Å²) in [5, 5.41) is 1.62. The zero-order valence-electron chi connectivity index (χ0n) is 6.61. The van der Waals surface area contributed by atoms with Crippen molar-refractivity contribution < 1.29 is 4.79 Å². The lowest BCUT2D eigenvalue weighted by molar-refractivity contribution is 0.256. The van der Waals surface area contributed by atoms with E-state index in [1.807, 2.05) is 24.3 Å². The summed E-state index contributed by atoms with van der Waals surface area (Å²) >= 11 is 0. The summed E-state index contributed by atoms with van der Waals surface area (Å²) in [6, 6.07) is 7.27. The standard InChI is InChI=1S/C9H5N3O/c13-9-11-7-5-3-1-2-4-6(5)10-8(7)12-9/h1-4H,(H,10,11,12,13). The number of carbonyl (C=O) groups is 1. The fourth-order valence-corrected chi connectivity index (χ4v) is 1.52. The van der Waals surface area contributed by atoms with Gasteiger partial charge < -0.3 is 4.98 Å². The fraction of sp³-hybridized carbons (Fsp3) is 0. The van der Waals surface area contributed by atoms with Gasteiger partial charge >= 0.3 is 6.03 Å². The molecule has 0 spiro atoms. The zero-order chi connectivity index (χ0) is 8.84. The molecule has 1 aliphatic rings. The maximum atomic E-state index is 10.9. The third kappa shape index (κ3) is 0.767. The molecule has 0 fully saturated rings. The third-order valence-corrected chi connectivity index (χ3v) is 2.07. The number of H-pyrrole nitrogens is 1. The first-order valence-corrected chi connectivity index (χ1v) is 3.93. The number of amides is 2. The minimum atomic E-state index is -0.424. The molecule has 4 nitrogen and oxygen atoms in total. The summed E-state index contributed by atoms with van der Waals surface area (Å²) in [7, 11) is 0. The lowest BCUT2D eigenvalue weighted by Gasteiger charge is -1.84.